The van der Waals surface area contributed by atoms with Crippen LogP contribution in [-0.2, 0) is 4.79 Å². The van der Waals surface area contributed by atoms with Crippen molar-refractivity contribution in [1.29, 1.82) is 0 Å². The van der Waals surface area contributed by atoms with Crippen molar-refractivity contribution in [3.05, 3.63) is 51.6 Å². The normalized spacial score (nSPS) is 11.2. The molecular formula is C13H14INO. The van der Waals surface area contributed by atoms with Crippen molar-refractivity contribution in [2.24, 2.45) is 0 Å². The summed E-state index contributed by atoms with van der Waals surface area (Å²) in [5.74, 6) is -0.109. The third kappa shape index (κ3) is 4.18. The van der Waals surface area contributed by atoms with E-state index in [0.29, 0.717) is 0 Å². The Bertz CT molecular complexity index is 436. The van der Waals surface area contributed by atoms with Crippen LogP contribution in [0.25, 0.3) is 0 Å². The molecular weight excluding hydrogens is 313 g/mol. The maximum atomic E-state index is 11.5. The van der Waals surface area contributed by atoms with Gasteiger partial charge >= 0.3 is 0 Å². The third-order valence-electron chi connectivity index (χ3n) is 2.00. The van der Waals surface area contributed by atoms with E-state index in [0.717, 1.165) is 14.8 Å². The molecule has 1 aromatic rings. The Labute approximate surface area is 110 Å². The average molecular weight is 327 g/mol. The van der Waals surface area contributed by atoms with E-state index in [2.05, 4.69) is 27.9 Å². The van der Waals surface area contributed by atoms with Crippen LogP contribution in [0.3, 0.4) is 0 Å². The van der Waals surface area contributed by atoms with Gasteiger partial charge in [-0.25, -0.2) is 0 Å². The van der Waals surface area contributed by atoms with E-state index in [-0.39, 0.29) is 5.91 Å². The molecule has 0 aliphatic rings. The summed E-state index contributed by atoms with van der Waals surface area (Å²) >= 11 is 2.25. The highest BCUT2D eigenvalue weighted by Crippen LogP contribution is 2.17. The van der Waals surface area contributed by atoms with E-state index >= 15 is 0 Å². The molecule has 0 radical (unpaired) electrons. The first-order chi connectivity index (χ1) is 7.63. The number of rotatable bonds is 3. The van der Waals surface area contributed by atoms with Crippen LogP contribution in [0.4, 0.5) is 5.69 Å². The highest BCUT2D eigenvalue weighted by atomic mass is 127. The van der Waals surface area contributed by atoms with Crippen molar-refractivity contribution in [3.63, 3.8) is 0 Å². The molecule has 0 unspecified atom stereocenters. The molecule has 0 aliphatic carbocycles. The molecule has 0 fully saturated rings. The Morgan fingerprint density at radius 1 is 1.38 bits per heavy atom. The highest BCUT2D eigenvalue weighted by Gasteiger charge is 2.01. The molecule has 16 heavy (non-hydrogen) atoms. The van der Waals surface area contributed by atoms with Gasteiger partial charge in [0.2, 0.25) is 5.91 Å². The molecule has 0 bridgehead atoms. The van der Waals surface area contributed by atoms with Crippen molar-refractivity contribution in [2.45, 2.75) is 13.8 Å². The fourth-order valence-corrected chi connectivity index (χ4v) is 1.84. The predicted octanol–water partition coefficient (Wildman–Crippen LogP) is 3.67. The van der Waals surface area contributed by atoms with Crippen molar-refractivity contribution in [1.82, 2.24) is 0 Å². The molecule has 2 nitrogen and oxygen atoms in total. The monoisotopic (exact) mass is 327 g/mol. The fraction of sp³-hybridized carbons (Fsp3) is 0.154. The molecule has 0 saturated heterocycles. The summed E-state index contributed by atoms with van der Waals surface area (Å²) in [6, 6.07) is 5.92. The molecule has 1 rings (SSSR count). The molecule has 0 saturated carbocycles. The lowest BCUT2D eigenvalue weighted by atomic mass is 10.2. The topological polar surface area (TPSA) is 29.1 Å². The van der Waals surface area contributed by atoms with Gasteiger partial charge in [0, 0.05) is 15.3 Å². The molecule has 1 aromatic carbocycles. The minimum Gasteiger partial charge on any atom is -0.322 e. The second-order valence-corrected chi connectivity index (χ2v) is 4.58. The number of benzene rings is 1. The number of anilines is 1. The zero-order valence-electron chi connectivity index (χ0n) is 9.33. The van der Waals surface area contributed by atoms with Crippen molar-refractivity contribution < 1.29 is 4.79 Å². The van der Waals surface area contributed by atoms with E-state index in [1.165, 1.54) is 6.08 Å². The molecule has 3 heteroatoms. The van der Waals surface area contributed by atoms with Gasteiger partial charge in [-0.2, -0.15) is 0 Å². The standard InChI is InChI=1S/C13H14INO/c1-3-4-5-6-13(16)15-12-8-7-11(14)9-10(12)2/h3-9H,1-2H3,(H,15,16)/b4-3+,6-5+. The second-order valence-electron chi connectivity index (χ2n) is 3.33. The summed E-state index contributed by atoms with van der Waals surface area (Å²) in [7, 11) is 0. The molecule has 1 N–H and O–H groups in total. The number of amides is 1. The molecule has 0 heterocycles. The quantitative estimate of drug-likeness (QED) is 0.512. The molecule has 0 aliphatic heterocycles. The Morgan fingerprint density at radius 2 is 2.12 bits per heavy atom. The summed E-state index contributed by atoms with van der Waals surface area (Å²) in [5.41, 5.74) is 1.93. The largest absolute Gasteiger partial charge is 0.322 e. The number of carbonyl (C=O) groups excluding carboxylic acids is 1. The Balaban J connectivity index is 2.70. The lowest BCUT2D eigenvalue weighted by Crippen LogP contribution is -2.08. The first-order valence-corrected chi connectivity index (χ1v) is 6.08. The maximum absolute atomic E-state index is 11.5. The predicted molar refractivity (Wildman–Crippen MR) is 76.5 cm³/mol. The van der Waals surface area contributed by atoms with E-state index in [9.17, 15) is 4.79 Å². The van der Waals surface area contributed by atoms with Gasteiger partial charge in [-0.05, 0) is 60.2 Å². The number of allylic oxidation sites excluding steroid dienone is 3. The van der Waals surface area contributed by atoms with E-state index in [4.69, 9.17) is 0 Å². The van der Waals surface area contributed by atoms with Crippen LogP contribution in [0.1, 0.15) is 12.5 Å². The molecule has 1 amide bonds. The Hall–Kier alpha value is -1.10. The highest BCUT2D eigenvalue weighted by molar-refractivity contribution is 14.1. The van der Waals surface area contributed by atoms with Crippen LogP contribution >= 0.6 is 22.6 Å². The third-order valence-corrected chi connectivity index (χ3v) is 2.67. The smallest absolute Gasteiger partial charge is 0.248 e. The number of hydrogen-bond donors (Lipinski definition) is 1. The van der Waals surface area contributed by atoms with Gasteiger partial charge in [-0.1, -0.05) is 18.2 Å². The summed E-state index contributed by atoms with van der Waals surface area (Å²) in [5, 5.41) is 2.83. The van der Waals surface area contributed by atoms with Gasteiger partial charge < -0.3 is 5.32 Å². The lowest BCUT2D eigenvalue weighted by Gasteiger charge is -2.06. The number of nitrogens with one attached hydrogen (secondary N) is 1. The Kier molecular flexibility index (Phi) is 5.25. The molecule has 0 spiro atoms. The van der Waals surface area contributed by atoms with Crippen LogP contribution in [0, 0.1) is 10.5 Å². The van der Waals surface area contributed by atoms with Gasteiger partial charge in [0.15, 0.2) is 0 Å². The molecule has 0 atom stereocenters. The van der Waals surface area contributed by atoms with Crippen LogP contribution in [0.15, 0.2) is 42.5 Å². The van der Waals surface area contributed by atoms with Crippen LogP contribution < -0.4 is 5.32 Å². The zero-order valence-corrected chi connectivity index (χ0v) is 11.5. The number of halogens is 1. The average Bonchev–Trinajstić information content (AvgIpc) is 2.23. The van der Waals surface area contributed by atoms with Crippen molar-refractivity contribution in [3.8, 4) is 0 Å². The van der Waals surface area contributed by atoms with Gasteiger partial charge in [0.25, 0.3) is 0 Å². The summed E-state index contributed by atoms with van der Waals surface area (Å²) < 4.78 is 1.16. The number of hydrogen-bond acceptors (Lipinski definition) is 1. The Morgan fingerprint density at radius 3 is 2.75 bits per heavy atom. The van der Waals surface area contributed by atoms with Crippen molar-refractivity contribution >= 4 is 34.2 Å². The van der Waals surface area contributed by atoms with E-state index in [1.807, 2.05) is 44.2 Å². The summed E-state index contributed by atoms with van der Waals surface area (Å²) in [6.07, 6.45) is 6.93. The molecule has 84 valence electrons. The lowest BCUT2D eigenvalue weighted by molar-refractivity contribution is -0.111. The van der Waals surface area contributed by atoms with E-state index in [1.54, 1.807) is 6.08 Å². The minimum atomic E-state index is -0.109. The van der Waals surface area contributed by atoms with Gasteiger partial charge in [0.1, 0.15) is 0 Å². The maximum Gasteiger partial charge on any atom is 0.248 e. The molecule has 0 aromatic heterocycles. The minimum absolute atomic E-state index is 0.109. The van der Waals surface area contributed by atoms with Crippen LogP contribution in [0.5, 0.6) is 0 Å². The summed E-state index contributed by atoms with van der Waals surface area (Å²) in [4.78, 5) is 11.5. The first-order valence-electron chi connectivity index (χ1n) is 5.00. The summed E-state index contributed by atoms with van der Waals surface area (Å²) in [6.45, 7) is 3.89. The van der Waals surface area contributed by atoms with Gasteiger partial charge in [-0.15, -0.1) is 0 Å². The van der Waals surface area contributed by atoms with Crippen LogP contribution in [0.2, 0.25) is 0 Å². The van der Waals surface area contributed by atoms with Gasteiger partial charge in [0.05, 0.1) is 0 Å². The van der Waals surface area contributed by atoms with E-state index < -0.39 is 0 Å². The fourth-order valence-electron chi connectivity index (χ4n) is 1.20. The van der Waals surface area contributed by atoms with Crippen LogP contribution in [-0.4, -0.2) is 5.91 Å². The zero-order chi connectivity index (χ0) is 12.0. The first kappa shape index (κ1) is 13.0. The second kappa shape index (κ2) is 6.48. The van der Waals surface area contributed by atoms with Crippen molar-refractivity contribution in [2.75, 3.05) is 5.32 Å². The SMILES string of the molecule is C/C=C/C=C/C(=O)Nc1ccc(I)cc1C. The van der Waals surface area contributed by atoms with Gasteiger partial charge in [-0.3, -0.25) is 4.79 Å². The number of aryl methyl sites for hydroxylation is 1. The number of carbonyl (C=O) groups is 1.